The van der Waals surface area contributed by atoms with E-state index in [1.165, 1.54) is 44.2 Å². The SMILES string of the molecule is O=C(CSCC(=O)c1ccc(-c2cccs2)s1)c1ccc(-c2cccs2)s1. The van der Waals surface area contributed by atoms with Crippen molar-refractivity contribution in [3.05, 3.63) is 69.0 Å². The number of carbonyl (C=O) groups excluding carboxylic acids is 2. The number of thiophene rings is 4. The molecule has 0 radical (unpaired) electrons. The highest BCUT2D eigenvalue weighted by Gasteiger charge is 2.14. The normalized spacial score (nSPS) is 11.0. The zero-order valence-electron chi connectivity index (χ0n) is 14.0. The van der Waals surface area contributed by atoms with Gasteiger partial charge in [0.2, 0.25) is 0 Å². The number of thioether (sulfide) groups is 1. The van der Waals surface area contributed by atoms with E-state index in [2.05, 4.69) is 12.1 Å². The molecule has 0 aliphatic rings. The maximum absolute atomic E-state index is 12.4. The fourth-order valence-electron chi connectivity index (χ4n) is 2.46. The molecule has 2 nitrogen and oxygen atoms in total. The van der Waals surface area contributed by atoms with E-state index in [0.717, 1.165) is 19.5 Å². The Balaban J connectivity index is 1.30. The number of rotatable bonds is 8. The number of carbonyl (C=O) groups is 2. The first kappa shape index (κ1) is 18.8. The molecule has 0 saturated carbocycles. The average molecular weight is 447 g/mol. The van der Waals surface area contributed by atoms with Gasteiger partial charge in [0.05, 0.1) is 21.3 Å². The van der Waals surface area contributed by atoms with Crippen molar-refractivity contribution >= 4 is 68.7 Å². The molecule has 0 fully saturated rings. The summed E-state index contributed by atoms with van der Waals surface area (Å²) in [5.41, 5.74) is 0. The van der Waals surface area contributed by atoms with Crippen LogP contribution in [0.3, 0.4) is 0 Å². The monoisotopic (exact) mass is 446 g/mol. The molecule has 0 unspecified atom stereocenters. The third-order valence-corrected chi connectivity index (χ3v) is 9.07. The van der Waals surface area contributed by atoms with Crippen LogP contribution in [0.1, 0.15) is 19.3 Å². The number of Topliss-reactive ketones (excluding diaryl/α,β-unsaturated/α-hetero) is 2. The van der Waals surface area contributed by atoms with Gasteiger partial charge in [0.1, 0.15) is 0 Å². The van der Waals surface area contributed by atoms with E-state index in [1.807, 2.05) is 47.2 Å². The lowest BCUT2D eigenvalue weighted by atomic mass is 10.3. The van der Waals surface area contributed by atoms with Gasteiger partial charge in [0.25, 0.3) is 0 Å². The summed E-state index contributed by atoms with van der Waals surface area (Å²) in [7, 11) is 0. The van der Waals surface area contributed by atoms with Crippen molar-refractivity contribution in [2.45, 2.75) is 0 Å². The van der Waals surface area contributed by atoms with Gasteiger partial charge >= 0.3 is 0 Å². The summed E-state index contributed by atoms with van der Waals surface area (Å²) < 4.78 is 0. The summed E-state index contributed by atoms with van der Waals surface area (Å²) in [6.45, 7) is 0. The molecule has 0 aliphatic carbocycles. The minimum atomic E-state index is 0.0889. The fraction of sp³-hybridized carbons (Fsp3) is 0.100. The molecule has 136 valence electrons. The van der Waals surface area contributed by atoms with Gasteiger partial charge in [-0.05, 0) is 47.2 Å². The second kappa shape index (κ2) is 8.67. The smallest absolute Gasteiger partial charge is 0.182 e. The lowest BCUT2D eigenvalue weighted by molar-refractivity contribution is 0.102. The minimum Gasteiger partial charge on any atom is -0.292 e. The molecule has 0 amide bonds. The van der Waals surface area contributed by atoms with Gasteiger partial charge in [-0.25, -0.2) is 0 Å². The zero-order chi connectivity index (χ0) is 18.6. The maximum atomic E-state index is 12.4. The van der Waals surface area contributed by atoms with Crippen molar-refractivity contribution in [2.24, 2.45) is 0 Å². The van der Waals surface area contributed by atoms with Crippen LogP contribution in [-0.4, -0.2) is 23.1 Å². The summed E-state index contributed by atoms with van der Waals surface area (Å²) >= 11 is 7.78. The Hall–Kier alpha value is -1.51. The highest BCUT2D eigenvalue weighted by Crippen LogP contribution is 2.33. The molecule has 7 heteroatoms. The molecule has 4 aromatic rings. The van der Waals surface area contributed by atoms with Crippen molar-refractivity contribution in [3.8, 4) is 19.5 Å². The van der Waals surface area contributed by atoms with Crippen LogP contribution in [0.2, 0.25) is 0 Å². The standard InChI is InChI=1S/C20H14O2S5/c21-13(15-5-7-19(26-15)17-3-1-9-24-17)11-23-12-14(22)16-6-8-20(27-16)18-4-2-10-25-18/h1-10H,11-12H2. The Kier molecular flexibility index (Phi) is 6.04. The second-order valence-corrected chi connectivity index (χ2v) is 10.7. The van der Waals surface area contributed by atoms with Gasteiger partial charge < -0.3 is 0 Å². The Morgan fingerprint density at radius 3 is 1.56 bits per heavy atom. The van der Waals surface area contributed by atoms with Gasteiger partial charge in [0.15, 0.2) is 11.6 Å². The summed E-state index contributed by atoms with van der Waals surface area (Å²) in [5.74, 6) is 0.843. The molecule has 0 N–H and O–H groups in total. The van der Waals surface area contributed by atoms with Crippen LogP contribution in [0.4, 0.5) is 0 Å². The van der Waals surface area contributed by atoms with Crippen LogP contribution in [0, 0.1) is 0 Å². The molecule has 27 heavy (non-hydrogen) atoms. The molecule has 0 aromatic carbocycles. The van der Waals surface area contributed by atoms with Crippen molar-refractivity contribution in [3.63, 3.8) is 0 Å². The first-order chi connectivity index (χ1) is 13.2. The predicted molar refractivity (Wildman–Crippen MR) is 121 cm³/mol. The van der Waals surface area contributed by atoms with E-state index in [-0.39, 0.29) is 11.6 Å². The minimum absolute atomic E-state index is 0.0889. The molecular formula is C20H14O2S5. The highest BCUT2D eigenvalue weighted by molar-refractivity contribution is 8.00. The van der Waals surface area contributed by atoms with E-state index >= 15 is 0 Å². The van der Waals surface area contributed by atoms with Crippen LogP contribution in [0.25, 0.3) is 19.5 Å². The maximum Gasteiger partial charge on any atom is 0.182 e. The third kappa shape index (κ3) is 4.50. The first-order valence-corrected chi connectivity index (χ1v) is 12.7. The molecule has 0 saturated heterocycles. The van der Waals surface area contributed by atoms with Gasteiger partial charge in [-0.3, -0.25) is 9.59 Å². The van der Waals surface area contributed by atoms with E-state index < -0.39 is 0 Å². The molecule has 4 heterocycles. The lowest BCUT2D eigenvalue weighted by Gasteiger charge is -1.99. The summed E-state index contributed by atoms with van der Waals surface area (Å²) in [6, 6.07) is 15.9. The fourth-order valence-corrected chi connectivity index (χ4v) is 6.98. The molecule has 4 aromatic heterocycles. The van der Waals surface area contributed by atoms with Crippen molar-refractivity contribution < 1.29 is 9.59 Å². The third-order valence-electron chi connectivity index (χ3n) is 3.76. The molecule has 0 atom stereocenters. The molecule has 0 aliphatic heterocycles. The van der Waals surface area contributed by atoms with Crippen LogP contribution in [0.5, 0.6) is 0 Å². The molecular weight excluding hydrogens is 433 g/mol. The summed E-state index contributed by atoms with van der Waals surface area (Å²) in [4.78, 5) is 30.9. The van der Waals surface area contributed by atoms with E-state index in [4.69, 9.17) is 0 Å². The van der Waals surface area contributed by atoms with Crippen molar-refractivity contribution in [2.75, 3.05) is 11.5 Å². The van der Waals surface area contributed by atoms with Gasteiger partial charge in [-0.2, -0.15) is 0 Å². The average Bonchev–Trinajstić information content (AvgIpc) is 3.48. The number of hydrogen-bond acceptors (Lipinski definition) is 7. The lowest BCUT2D eigenvalue weighted by Crippen LogP contribution is -2.05. The van der Waals surface area contributed by atoms with Crippen LogP contribution < -0.4 is 0 Å². The summed E-state index contributed by atoms with van der Waals surface area (Å²) in [5, 5.41) is 4.07. The van der Waals surface area contributed by atoms with Gasteiger partial charge in [-0.1, -0.05) is 12.1 Å². The van der Waals surface area contributed by atoms with Crippen LogP contribution >= 0.6 is 57.1 Å². The Morgan fingerprint density at radius 1 is 0.667 bits per heavy atom. The number of hydrogen-bond donors (Lipinski definition) is 0. The van der Waals surface area contributed by atoms with Crippen molar-refractivity contribution in [1.82, 2.24) is 0 Å². The van der Waals surface area contributed by atoms with Gasteiger partial charge in [-0.15, -0.1) is 57.1 Å². The second-order valence-electron chi connectivity index (χ2n) is 5.62. The quantitative estimate of drug-likeness (QED) is 0.272. The van der Waals surface area contributed by atoms with Crippen LogP contribution in [-0.2, 0) is 0 Å². The topological polar surface area (TPSA) is 34.1 Å². The largest absolute Gasteiger partial charge is 0.292 e. The predicted octanol–water partition coefficient (Wildman–Crippen LogP) is 7.07. The molecule has 0 spiro atoms. The first-order valence-electron chi connectivity index (χ1n) is 8.12. The van der Waals surface area contributed by atoms with E-state index in [1.54, 1.807) is 22.7 Å². The Morgan fingerprint density at radius 2 is 1.15 bits per heavy atom. The molecule has 4 rings (SSSR count). The Bertz CT molecular complexity index is 954. The highest BCUT2D eigenvalue weighted by atomic mass is 32.2. The zero-order valence-corrected chi connectivity index (χ0v) is 18.1. The van der Waals surface area contributed by atoms with Gasteiger partial charge in [0, 0.05) is 19.5 Å². The molecule has 0 bridgehead atoms. The number of ketones is 2. The van der Waals surface area contributed by atoms with E-state index in [9.17, 15) is 9.59 Å². The Labute approximate surface area is 177 Å². The van der Waals surface area contributed by atoms with E-state index in [0.29, 0.717) is 11.5 Å². The summed E-state index contributed by atoms with van der Waals surface area (Å²) in [6.07, 6.45) is 0. The van der Waals surface area contributed by atoms with Crippen molar-refractivity contribution in [1.29, 1.82) is 0 Å². The van der Waals surface area contributed by atoms with Crippen LogP contribution in [0.15, 0.2) is 59.3 Å².